The SMILES string of the molecule is COc1cccc2c1N1CCN(CCn3c(=O)[nH]c4c(sc5ncc(Cl)nc54)c3=O)CC1CO2.Cl.Cl. The highest BCUT2D eigenvalue weighted by atomic mass is 35.5. The van der Waals surface area contributed by atoms with Crippen LogP contribution >= 0.6 is 47.8 Å². The molecule has 6 rings (SSSR count). The van der Waals surface area contributed by atoms with Crippen molar-refractivity contribution < 1.29 is 9.47 Å². The molecule has 14 heteroatoms. The lowest BCUT2D eigenvalue weighted by molar-refractivity contribution is 0.161. The Kier molecular flexibility index (Phi) is 7.67. The van der Waals surface area contributed by atoms with Crippen molar-refractivity contribution in [3.05, 3.63) is 50.4 Å². The highest BCUT2D eigenvalue weighted by Gasteiger charge is 2.34. The second-order valence-electron chi connectivity index (χ2n) is 8.31. The van der Waals surface area contributed by atoms with Crippen LogP contribution in [0.1, 0.15) is 0 Å². The molecule has 1 N–H and O–H groups in total. The summed E-state index contributed by atoms with van der Waals surface area (Å²) in [5.41, 5.74) is 1.03. The van der Waals surface area contributed by atoms with Crippen LogP contribution in [0.4, 0.5) is 5.69 Å². The van der Waals surface area contributed by atoms with Gasteiger partial charge >= 0.3 is 5.69 Å². The fourth-order valence-corrected chi connectivity index (χ4v) is 5.89. The summed E-state index contributed by atoms with van der Waals surface area (Å²) in [6.07, 6.45) is 1.43. The first-order chi connectivity index (χ1) is 16.5. The van der Waals surface area contributed by atoms with Crippen LogP contribution in [0, 0.1) is 0 Å². The zero-order chi connectivity index (χ0) is 23.4. The maximum absolute atomic E-state index is 13.1. The summed E-state index contributed by atoms with van der Waals surface area (Å²) < 4.78 is 13.2. The molecule has 0 bridgehead atoms. The van der Waals surface area contributed by atoms with E-state index in [9.17, 15) is 9.59 Å². The van der Waals surface area contributed by atoms with E-state index >= 15 is 0 Å². The molecule has 1 aromatic carbocycles. The molecule has 5 heterocycles. The molecule has 0 amide bonds. The number of halogens is 3. The Balaban J connectivity index is 0.00000152. The van der Waals surface area contributed by atoms with Gasteiger partial charge in [0, 0.05) is 32.7 Å². The average molecular weight is 574 g/mol. The lowest BCUT2D eigenvalue weighted by atomic mass is 10.1. The van der Waals surface area contributed by atoms with E-state index in [1.165, 1.54) is 22.1 Å². The number of para-hydroxylation sites is 1. The zero-order valence-corrected chi connectivity index (χ0v) is 22.3. The number of H-pyrrole nitrogens is 1. The highest BCUT2D eigenvalue weighted by molar-refractivity contribution is 7.25. The minimum atomic E-state index is -0.461. The van der Waals surface area contributed by atoms with Gasteiger partial charge in [0.2, 0.25) is 0 Å². The Morgan fingerprint density at radius 1 is 1.25 bits per heavy atom. The Hall–Kier alpha value is -2.57. The molecule has 1 atom stereocenters. The van der Waals surface area contributed by atoms with Crippen LogP contribution in [0.15, 0.2) is 34.0 Å². The number of anilines is 1. The number of benzene rings is 1. The van der Waals surface area contributed by atoms with Gasteiger partial charge in [-0.3, -0.25) is 14.3 Å². The minimum absolute atomic E-state index is 0. The molecular formula is C22H23Cl3N6O4S. The second-order valence-corrected chi connectivity index (χ2v) is 9.69. The molecule has 10 nitrogen and oxygen atoms in total. The van der Waals surface area contributed by atoms with E-state index in [0.29, 0.717) is 33.7 Å². The first-order valence-corrected chi connectivity index (χ1v) is 12.1. The monoisotopic (exact) mass is 572 g/mol. The Bertz CT molecular complexity index is 1530. The van der Waals surface area contributed by atoms with Crippen molar-refractivity contribution in [2.45, 2.75) is 12.6 Å². The lowest BCUT2D eigenvalue weighted by Gasteiger charge is -2.45. The number of aromatic amines is 1. The number of thiophene rings is 1. The van der Waals surface area contributed by atoms with Gasteiger partial charge in [0.05, 0.1) is 24.9 Å². The summed E-state index contributed by atoms with van der Waals surface area (Å²) in [6.45, 7) is 3.81. The quantitative estimate of drug-likeness (QED) is 0.397. The topological polar surface area (TPSA) is 106 Å². The third kappa shape index (κ3) is 4.39. The smallest absolute Gasteiger partial charge is 0.328 e. The number of aromatic nitrogens is 4. The number of rotatable bonds is 4. The van der Waals surface area contributed by atoms with E-state index in [1.807, 2.05) is 18.2 Å². The number of hydrogen-bond acceptors (Lipinski definition) is 9. The van der Waals surface area contributed by atoms with Gasteiger partial charge in [-0.25, -0.2) is 14.8 Å². The summed E-state index contributed by atoms with van der Waals surface area (Å²) in [5.74, 6) is 1.64. The van der Waals surface area contributed by atoms with Gasteiger partial charge in [-0.15, -0.1) is 36.2 Å². The van der Waals surface area contributed by atoms with Crippen LogP contribution in [0.5, 0.6) is 11.5 Å². The normalized spacial score (nSPS) is 17.1. The molecular weight excluding hydrogens is 551 g/mol. The summed E-state index contributed by atoms with van der Waals surface area (Å²) in [7, 11) is 1.67. The van der Waals surface area contributed by atoms with Crippen LogP contribution in [0.3, 0.4) is 0 Å². The van der Waals surface area contributed by atoms with Crippen molar-refractivity contribution in [1.82, 2.24) is 24.4 Å². The average Bonchev–Trinajstić information content (AvgIpc) is 3.21. The molecule has 4 aromatic rings. The molecule has 0 radical (unpaired) electrons. The van der Waals surface area contributed by atoms with E-state index in [4.69, 9.17) is 21.1 Å². The number of nitrogens with zero attached hydrogens (tertiary/aromatic N) is 5. The summed E-state index contributed by atoms with van der Waals surface area (Å²) in [5, 5.41) is 0.211. The predicted octanol–water partition coefficient (Wildman–Crippen LogP) is 2.78. The second kappa shape index (κ2) is 10.4. The molecule has 192 valence electrons. The van der Waals surface area contributed by atoms with E-state index in [1.54, 1.807) is 7.11 Å². The van der Waals surface area contributed by atoms with Crippen molar-refractivity contribution in [1.29, 1.82) is 0 Å². The molecule has 0 saturated carbocycles. The summed E-state index contributed by atoms with van der Waals surface area (Å²) in [6, 6.07) is 6.00. The number of methoxy groups -OCH3 is 1. The van der Waals surface area contributed by atoms with Gasteiger partial charge in [0.1, 0.15) is 44.0 Å². The molecule has 0 aliphatic carbocycles. The number of hydrogen-bond donors (Lipinski definition) is 1. The molecule has 2 aliphatic heterocycles. The Morgan fingerprint density at radius 3 is 2.89 bits per heavy atom. The number of ether oxygens (including phenoxy) is 2. The van der Waals surface area contributed by atoms with Crippen LogP contribution in [-0.2, 0) is 6.54 Å². The van der Waals surface area contributed by atoms with Gasteiger partial charge < -0.3 is 19.4 Å². The van der Waals surface area contributed by atoms with E-state index < -0.39 is 5.69 Å². The van der Waals surface area contributed by atoms with E-state index in [0.717, 1.165) is 36.8 Å². The first kappa shape index (κ1) is 26.5. The molecule has 1 saturated heterocycles. The summed E-state index contributed by atoms with van der Waals surface area (Å²) >= 11 is 7.16. The molecule has 36 heavy (non-hydrogen) atoms. The lowest BCUT2D eigenvalue weighted by Crippen LogP contribution is -2.58. The largest absolute Gasteiger partial charge is 0.494 e. The maximum atomic E-state index is 13.1. The van der Waals surface area contributed by atoms with Crippen molar-refractivity contribution in [3.8, 4) is 11.5 Å². The molecule has 1 unspecified atom stereocenters. The number of piperazine rings is 1. The zero-order valence-electron chi connectivity index (χ0n) is 19.1. The van der Waals surface area contributed by atoms with Gasteiger partial charge in [-0.05, 0) is 12.1 Å². The molecule has 0 spiro atoms. The number of fused-ring (bicyclic) bond motifs is 6. The van der Waals surface area contributed by atoms with Crippen molar-refractivity contribution in [3.63, 3.8) is 0 Å². The van der Waals surface area contributed by atoms with Gasteiger partial charge in [-0.2, -0.15) is 0 Å². The van der Waals surface area contributed by atoms with Crippen molar-refractivity contribution >= 4 is 74.0 Å². The van der Waals surface area contributed by atoms with Gasteiger partial charge in [0.15, 0.2) is 0 Å². The fourth-order valence-electron chi connectivity index (χ4n) is 4.76. The third-order valence-corrected chi connectivity index (χ3v) is 7.65. The minimum Gasteiger partial charge on any atom is -0.494 e. The Labute approximate surface area is 226 Å². The van der Waals surface area contributed by atoms with Gasteiger partial charge in [0.25, 0.3) is 5.56 Å². The van der Waals surface area contributed by atoms with Gasteiger partial charge in [-0.1, -0.05) is 17.7 Å². The van der Waals surface area contributed by atoms with Crippen LogP contribution < -0.4 is 25.6 Å². The van der Waals surface area contributed by atoms with Crippen LogP contribution in [-0.4, -0.2) is 70.4 Å². The van der Waals surface area contributed by atoms with E-state index in [2.05, 4.69) is 24.8 Å². The molecule has 1 fully saturated rings. The third-order valence-electron chi connectivity index (χ3n) is 6.40. The maximum Gasteiger partial charge on any atom is 0.328 e. The highest BCUT2D eigenvalue weighted by Crippen LogP contribution is 2.42. The van der Waals surface area contributed by atoms with Crippen molar-refractivity contribution in [2.24, 2.45) is 0 Å². The standard InChI is InChI=1S/C22H21ClN6O4S.2ClH/c1-32-13-3-2-4-14-18(13)28-7-5-27(10-12(28)11-33-14)6-8-29-21(30)19-16(26-22(29)31)17-20(34-19)24-9-15(23)25-17;;/h2-4,9,12H,5-8,10-11H2,1H3,(H,26,31);2*1H. The number of nitrogens with one attached hydrogen (secondary N) is 1. The predicted molar refractivity (Wildman–Crippen MR) is 145 cm³/mol. The summed E-state index contributed by atoms with van der Waals surface area (Å²) in [4.78, 5) is 42.3. The van der Waals surface area contributed by atoms with Crippen LogP contribution in [0.2, 0.25) is 5.15 Å². The van der Waals surface area contributed by atoms with Crippen molar-refractivity contribution in [2.75, 3.05) is 44.8 Å². The van der Waals surface area contributed by atoms with E-state index in [-0.39, 0.29) is 48.1 Å². The van der Waals surface area contributed by atoms with Crippen LogP contribution in [0.25, 0.3) is 20.6 Å². The molecule has 3 aromatic heterocycles. The molecule has 2 aliphatic rings. The Morgan fingerprint density at radius 2 is 2.08 bits per heavy atom. The first-order valence-electron chi connectivity index (χ1n) is 10.9. The fraction of sp³-hybridized carbons (Fsp3) is 0.364.